The second-order valence-corrected chi connectivity index (χ2v) is 3.21. The van der Waals surface area contributed by atoms with Crippen LogP contribution in [0.3, 0.4) is 0 Å². The number of hydrogen-bond acceptors (Lipinski definition) is 0. The van der Waals surface area contributed by atoms with Crippen molar-refractivity contribution in [3.63, 3.8) is 0 Å². The maximum atomic E-state index is 4.37. The van der Waals surface area contributed by atoms with Crippen molar-refractivity contribution in [2.24, 2.45) is 0 Å². The molecule has 0 heterocycles. The third-order valence-electron chi connectivity index (χ3n) is 1.79. The standard InChI is InChI=1S/C10H13P.Ba/c1-2-3-6-9-7-4-5-8-10(9)11;/h4-5,7-8H,2-3,6H2,1H3;/q-2;+2. The molecule has 0 saturated carbocycles. The van der Waals surface area contributed by atoms with Crippen LogP contribution in [0.1, 0.15) is 25.3 Å². The molecule has 2 heteroatoms. The van der Waals surface area contributed by atoms with Crippen molar-refractivity contribution in [2.45, 2.75) is 26.2 Å². The molecule has 0 aliphatic carbocycles. The second-order valence-electron chi connectivity index (χ2n) is 2.73. The van der Waals surface area contributed by atoms with E-state index in [4.69, 9.17) is 0 Å². The van der Waals surface area contributed by atoms with Gasteiger partial charge in [0.1, 0.15) is 0 Å². The Morgan fingerprint density at radius 1 is 1.25 bits per heavy atom. The summed E-state index contributed by atoms with van der Waals surface area (Å²) in [4.78, 5) is 0. The molecule has 0 spiro atoms. The van der Waals surface area contributed by atoms with Crippen molar-refractivity contribution in [3.8, 4) is 0 Å². The monoisotopic (exact) mass is 302 g/mol. The SMILES string of the molecule is CCCCc1ccccc1[P-2].[Ba+2]. The summed E-state index contributed by atoms with van der Waals surface area (Å²) in [6.07, 6.45) is 3.68. The van der Waals surface area contributed by atoms with Gasteiger partial charge in [0, 0.05) is 0 Å². The molecular weight excluding hydrogens is 288 g/mol. The molecule has 12 heavy (non-hydrogen) atoms. The number of rotatable bonds is 3. The molecule has 1 rings (SSSR count). The van der Waals surface area contributed by atoms with Gasteiger partial charge in [0.2, 0.25) is 0 Å². The van der Waals surface area contributed by atoms with E-state index in [0.717, 1.165) is 11.7 Å². The van der Waals surface area contributed by atoms with Crippen molar-refractivity contribution in [2.75, 3.05) is 0 Å². The maximum absolute atomic E-state index is 4.37. The van der Waals surface area contributed by atoms with Gasteiger partial charge in [0.15, 0.2) is 0 Å². The van der Waals surface area contributed by atoms with Crippen LogP contribution >= 0.6 is 9.24 Å². The van der Waals surface area contributed by atoms with Crippen LogP contribution in [0, 0.1) is 0 Å². The molecule has 0 amide bonds. The Hall–Kier alpha value is 1.22. The molecule has 0 aromatic heterocycles. The Morgan fingerprint density at radius 2 is 1.92 bits per heavy atom. The zero-order valence-corrected chi connectivity index (χ0v) is 12.9. The van der Waals surface area contributed by atoms with E-state index in [1.165, 1.54) is 18.4 Å². The van der Waals surface area contributed by atoms with Crippen LogP contribution in [0.25, 0.3) is 0 Å². The van der Waals surface area contributed by atoms with Gasteiger partial charge in [0.05, 0.1) is 0 Å². The summed E-state index contributed by atoms with van der Waals surface area (Å²) in [5.74, 6) is 0. The smallest absolute Gasteiger partial charge is 1.45 e. The number of unbranched alkanes of at least 4 members (excludes halogenated alkanes) is 1. The Kier molecular flexibility index (Phi) is 8.38. The van der Waals surface area contributed by atoms with Gasteiger partial charge in [-0.1, -0.05) is 31.5 Å². The molecule has 0 radical (unpaired) electrons. The van der Waals surface area contributed by atoms with E-state index in [0.29, 0.717) is 0 Å². The molecule has 0 bridgehead atoms. The summed E-state index contributed by atoms with van der Waals surface area (Å²) in [6.45, 7) is 2.21. The first-order valence-corrected chi connectivity index (χ1v) is 4.56. The Labute approximate surface area is 118 Å². The summed E-state index contributed by atoms with van der Waals surface area (Å²) in [5.41, 5.74) is 1.37. The van der Waals surface area contributed by atoms with Crippen LogP contribution in [0.2, 0.25) is 0 Å². The Balaban J connectivity index is 0.00000121. The van der Waals surface area contributed by atoms with Crippen molar-refractivity contribution < 1.29 is 0 Å². The molecule has 0 fully saturated rings. The van der Waals surface area contributed by atoms with Gasteiger partial charge < -0.3 is 14.5 Å². The fourth-order valence-electron chi connectivity index (χ4n) is 1.09. The largest absolute Gasteiger partial charge is 2.00 e. The molecule has 0 aliphatic rings. The topological polar surface area (TPSA) is 0 Å². The third kappa shape index (κ3) is 4.46. The number of aryl methyl sites for hydroxylation is 1. The molecule has 1 aromatic rings. The van der Waals surface area contributed by atoms with Crippen molar-refractivity contribution >= 4 is 63.4 Å². The number of hydrogen-bond donors (Lipinski definition) is 0. The molecule has 1 aromatic carbocycles. The minimum Gasteiger partial charge on any atom is -1.45 e. The summed E-state index contributed by atoms with van der Waals surface area (Å²) in [7, 11) is 4.37. The summed E-state index contributed by atoms with van der Waals surface area (Å²) >= 11 is 0. The van der Waals surface area contributed by atoms with Crippen molar-refractivity contribution in [1.29, 1.82) is 0 Å². The first kappa shape index (κ1) is 13.2. The average molecular weight is 302 g/mol. The van der Waals surface area contributed by atoms with E-state index >= 15 is 0 Å². The quantitative estimate of drug-likeness (QED) is 0.595. The normalized spacial score (nSPS) is 9.17. The van der Waals surface area contributed by atoms with Crippen LogP contribution in [0.15, 0.2) is 24.3 Å². The van der Waals surface area contributed by atoms with Gasteiger partial charge in [-0.15, -0.1) is 11.6 Å². The van der Waals surface area contributed by atoms with Gasteiger partial charge in [-0.3, -0.25) is 0 Å². The van der Waals surface area contributed by atoms with E-state index < -0.39 is 0 Å². The van der Waals surface area contributed by atoms with Crippen molar-refractivity contribution in [1.82, 2.24) is 0 Å². The molecule has 0 atom stereocenters. The minimum atomic E-state index is 0. The van der Waals surface area contributed by atoms with E-state index in [1.54, 1.807) is 0 Å². The van der Waals surface area contributed by atoms with Crippen LogP contribution < -0.4 is 5.30 Å². The molecule has 0 saturated heterocycles. The minimum absolute atomic E-state index is 0. The van der Waals surface area contributed by atoms with Crippen LogP contribution in [-0.4, -0.2) is 48.9 Å². The van der Waals surface area contributed by atoms with Gasteiger partial charge in [-0.2, -0.15) is 0 Å². The first-order chi connectivity index (χ1) is 5.34. The van der Waals surface area contributed by atoms with E-state index in [1.807, 2.05) is 12.1 Å². The van der Waals surface area contributed by atoms with E-state index in [9.17, 15) is 0 Å². The first-order valence-electron chi connectivity index (χ1n) is 4.11. The van der Waals surface area contributed by atoms with E-state index in [2.05, 4.69) is 28.3 Å². The number of benzene rings is 1. The molecule has 0 aliphatic heterocycles. The molecule has 0 N–H and O–H groups in total. The van der Waals surface area contributed by atoms with Gasteiger partial charge in [-0.05, 0) is 12.8 Å². The van der Waals surface area contributed by atoms with Crippen LogP contribution in [-0.2, 0) is 6.42 Å². The molecule has 60 valence electrons. The van der Waals surface area contributed by atoms with E-state index in [-0.39, 0.29) is 48.9 Å². The third-order valence-corrected chi connectivity index (χ3v) is 2.23. The Morgan fingerprint density at radius 3 is 2.50 bits per heavy atom. The Bertz CT molecular complexity index is 223. The van der Waals surface area contributed by atoms with Gasteiger partial charge in [0.25, 0.3) is 0 Å². The summed E-state index contributed by atoms with van der Waals surface area (Å²) < 4.78 is 0. The predicted octanol–water partition coefficient (Wildman–Crippen LogP) is 2.68. The summed E-state index contributed by atoms with van der Waals surface area (Å²) in [5, 5.41) is 1.13. The molecule has 0 nitrogen and oxygen atoms in total. The van der Waals surface area contributed by atoms with Crippen LogP contribution in [0.4, 0.5) is 0 Å². The van der Waals surface area contributed by atoms with Crippen LogP contribution in [0.5, 0.6) is 0 Å². The van der Waals surface area contributed by atoms with Gasteiger partial charge in [-0.25, -0.2) is 0 Å². The fraction of sp³-hybridized carbons (Fsp3) is 0.400. The fourth-order valence-corrected chi connectivity index (χ4v) is 1.36. The van der Waals surface area contributed by atoms with Gasteiger partial charge >= 0.3 is 48.9 Å². The maximum Gasteiger partial charge on any atom is 2.00 e. The molecular formula is C10H13BaP. The molecule has 0 unspecified atom stereocenters. The zero-order valence-electron chi connectivity index (χ0n) is 7.59. The average Bonchev–Trinajstić information content (AvgIpc) is 2.03. The van der Waals surface area contributed by atoms with Crippen molar-refractivity contribution in [3.05, 3.63) is 29.8 Å². The zero-order chi connectivity index (χ0) is 8.10. The predicted molar refractivity (Wildman–Crippen MR) is 57.4 cm³/mol. The second kappa shape index (κ2) is 7.61. The summed E-state index contributed by atoms with van der Waals surface area (Å²) in [6, 6.07) is 8.30.